The molecule has 2 saturated heterocycles. The van der Waals surface area contributed by atoms with Crippen molar-refractivity contribution in [1.82, 2.24) is 15.1 Å². The van der Waals surface area contributed by atoms with Gasteiger partial charge in [-0.3, -0.25) is 4.79 Å². The molecule has 1 aromatic heterocycles. The summed E-state index contributed by atoms with van der Waals surface area (Å²) >= 11 is 1.76. The van der Waals surface area contributed by atoms with Crippen molar-refractivity contribution in [3.05, 3.63) is 22.4 Å². The molecule has 3 heterocycles. The summed E-state index contributed by atoms with van der Waals surface area (Å²) in [5.41, 5.74) is 0. The summed E-state index contributed by atoms with van der Waals surface area (Å²) in [6.07, 6.45) is 4.05. The number of thiophene rings is 1. The van der Waals surface area contributed by atoms with Crippen LogP contribution in [0.1, 0.15) is 50.4 Å². The number of nitrogens with one attached hydrogen (secondary N) is 1. The van der Waals surface area contributed by atoms with Gasteiger partial charge in [-0.2, -0.15) is 0 Å². The van der Waals surface area contributed by atoms with E-state index in [4.69, 9.17) is 0 Å². The average molecular weight is 336 g/mol. The van der Waals surface area contributed by atoms with Crippen LogP contribution in [0.3, 0.4) is 0 Å². The molecule has 0 spiro atoms. The minimum Gasteiger partial charge on any atom is -0.336 e. The maximum absolute atomic E-state index is 12.2. The number of carbonyl (C=O) groups is 1. The molecule has 2 atom stereocenters. The second kappa shape index (κ2) is 7.32. The summed E-state index contributed by atoms with van der Waals surface area (Å²) in [6.45, 7) is 6.92. The Morgan fingerprint density at radius 3 is 2.61 bits per heavy atom. The fourth-order valence-corrected chi connectivity index (χ4v) is 4.88. The van der Waals surface area contributed by atoms with Crippen molar-refractivity contribution in [2.45, 2.75) is 63.7 Å². The Morgan fingerprint density at radius 1 is 1.26 bits per heavy atom. The molecule has 128 valence electrons. The summed E-state index contributed by atoms with van der Waals surface area (Å²) in [5, 5.41) is 6.00. The summed E-state index contributed by atoms with van der Waals surface area (Å²) in [7, 11) is 1.96. The van der Waals surface area contributed by atoms with Crippen LogP contribution in [-0.2, 0) is 4.79 Å². The van der Waals surface area contributed by atoms with Crippen molar-refractivity contribution in [2.75, 3.05) is 20.1 Å². The van der Waals surface area contributed by atoms with Crippen molar-refractivity contribution < 1.29 is 4.79 Å². The van der Waals surface area contributed by atoms with E-state index in [1.807, 2.05) is 11.9 Å². The molecule has 0 saturated carbocycles. The molecule has 0 radical (unpaired) electrons. The first-order chi connectivity index (χ1) is 11.1. The Kier molecular flexibility index (Phi) is 5.39. The third kappa shape index (κ3) is 3.78. The highest BCUT2D eigenvalue weighted by atomic mass is 32.1. The normalized spacial score (nSPS) is 27.8. The summed E-state index contributed by atoms with van der Waals surface area (Å²) in [5.74, 6) is 0.274. The zero-order chi connectivity index (χ0) is 16.4. The molecule has 1 aromatic rings. The quantitative estimate of drug-likeness (QED) is 0.919. The fourth-order valence-electron chi connectivity index (χ4n) is 3.95. The fraction of sp³-hybridized carbons (Fsp3) is 0.722. The number of likely N-dealkylation sites (tertiary alicyclic amines) is 2. The molecule has 0 unspecified atom stereocenters. The predicted octanol–water partition coefficient (Wildman–Crippen LogP) is 2.87. The van der Waals surface area contributed by atoms with Crippen LogP contribution in [0.15, 0.2) is 17.5 Å². The number of amides is 1. The van der Waals surface area contributed by atoms with Gasteiger partial charge >= 0.3 is 0 Å². The Hall–Kier alpha value is -0.910. The predicted molar refractivity (Wildman–Crippen MR) is 95.7 cm³/mol. The monoisotopic (exact) mass is 335 g/mol. The van der Waals surface area contributed by atoms with E-state index in [1.165, 1.54) is 30.8 Å². The molecule has 3 rings (SSSR count). The lowest BCUT2D eigenvalue weighted by Crippen LogP contribution is -2.54. The molecule has 0 bridgehead atoms. The van der Waals surface area contributed by atoms with E-state index in [-0.39, 0.29) is 11.9 Å². The Bertz CT molecular complexity index is 508. The van der Waals surface area contributed by atoms with Crippen molar-refractivity contribution in [3.8, 4) is 0 Å². The van der Waals surface area contributed by atoms with Gasteiger partial charge in [0.25, 0.3) is 0 Å². The third-order valence-electron chi connectivity index (χ3n) is 5.41. The molecular formula is C18H29N3OS. The Labute approximate surface area is 143 Å². The Balaban J connectivity index is 1.65. The topological polar surface area (TPSA) is 35.6 Å². The summed E-state index contributed by atoms with van der Waals surface area (Å²) in [6, 6.07) is 6.06. The van der Waals surface area contributed by atoms with Gasteiger partial charge < -0.3 is 15.1 Å². The minimum absolute atomic E-state index is 0.194. The van der Waals surface area contributed by atoms with Crippen LogP contribution in [0.2, 0.25) is 0 Å². The number of piperidine rings is 2. The van der Waals surface area contributed by atoms with E-state index in [9.17, 15) is 4.79 Å². The van der Waals surface area contributed by atoms with E-state index in [0.717, 1.165) is 6.42 Å². The van der Waals surface area contributed by atoms with E-state index < -0.39 is 0 Å². The van der Waals surface area contributed by atoms with Crippen LogP contribution >= 0.6 is 11.3 Å². The summed E-state index contributed by atoms with van der Waals surface area (Å²) in [4.78, 5) is 18.0. The lowest BCUT2D eigenvalue weighted by molar-refractivity contribution is -0.136. The third-order valence-corrected chi connectivity index (χ3v) is 6.35. The van der Waals surface area contributed by atoms with Crippen LogP contribution in [-0.4, -0.2) is 54.0 Å². The molecule has 0 aromatic carbocycles. The van der Waals surface area contributed by atoms with Gasteiger partial charge in [-0.05, 0) is 57.6 Å². The van der Waals surface area contributed by atoms with Crippen LogP contribution in [0.5, 0.6) is 0 Å². The number of nitrogens with zero attached hydrogens (tertiary/aromatic N) is 2. The molecule has 4 nitrogen and oxygen atoms in total. The second-order valence-electron chi connectivity index (χ2n) is 7.18. The van der Waals surface area contributed by atoms with Crippen LogP contribution in [0, 0.1) is 0 Å². The molecule has 2 aliphatic heterocycles. The van der Waals surface area contributed by atoms with Crippen LogP contribution < -0.4 is 5.32 Å². The lowest BCUT2D eigenvalue weighted by atomic mass is 9.92. The van der Waals surface area contributed by atoms with Gasteiger partial charge in [0.1, 0.15) is 0 Å². The molecule has 1 amide bonds. The number of carbonyl (C=O) groups excluding carboxylic acids is 1. The minimum atomic E-state index is 0.194. The van der Waals surface area contributed by atoms with Gasteiger partial charge in [-0.25, -0.2) is 0 Å². The van der Waals surface area contributed by atoms with Crippen molar-refractivity contribution >= 4 is 17.2 Å². The first-order valence-electron chi connectivity index (χ1n) is 8.85. The van der Waals surface area contributed by atoms with Gasteiger partial charge in [0.2, 0.25) is 5.91 Å². The zero-order valence-electron chi connectivity index (χ0n) is 14.5. The van der Waals surface area contributed by atoms with E-state index >= 15 is 0 Å². The maximum Gasteiger partial charge on any atom is 0.222 e. The highest BCUT2D eigenvalue weighted by molar-refractivity contribution is 7.10. The van der Waals surface area contributed by atoms with E-state index in [0.29, 0.717) is 24.5 Å². The van der Waals surface area contributed by atoms with Crippen molar-refractivity contribution in [3.63, 3.8) is 0 Å². The van der Waals surface area contributed by atoms with Gasteiger partial charge in [-0.1, -0.05) is 6.07 Å². The van der Waals surface area contributed by atoms with Crippen molar-refractivity contribution in [2.24, 2.45) is 0 Å². The lowest BCUT2D eigenvalue weighted by Gasteiger charge is -2.42. The Morgan fingerprint density at radius 2 is 2.00 bits per heavy atom. The number of rotatable bonds is 4. The van der Waals surface area contributed by atoms with Gasteiger partial charge in [0.05, 0.1) is 6.04 Å². The zero-order valence-corrected chi connectivity index (χ0v) is 15.3. The highest BCUT2D eigenvalue weighted by Crippen LogP contribution is 2.34. The molecule has 2 aliphatic rings. The number of hydrogen-bond donors (Lipinski definition) is 1. The maximum atomic E-state index is 12.2. The molecule has 2 fully saturated rings. The average Bonchev–Trinajstić information content (AvgIpc) is 3.06. The van der Waals surface area contributed by atoms with Gasteiger partial charge in [0.15, 0.2) is 0 Å². The molecule has 5 heteroatoms. The molecular weight excluding hydrogens is 306 g/mol. The van der Waals surface area contributed by atoms with Crippen molar-refractivity contribution in [1.29, 1.82) is 0 Å². The highest BCUT2D eigenvalue weighted by Gasteiger charge is 2.36. The number of hydrogen-bond acceptors (Lipinski definition) is 4. The first kappa shape index (κ1) is 16.9. The summed E-state index contributed by atoms with van der Waals surface area (Å²) < 4.78 is 0. The van der Waals surface area contributed by atoms with Gasteiger partial charge in [0, 0.05) is 36.5 Å². The van der Waals surface area contributed by atoms with Crippen LogP contribution in [0.4, 0.5) is 0 Å². The molecule has 0 aliphatic carbocycles. The first-order valence-corrected chi connectivity index (χ1v) is 9.73. The van der Waals surface area contributed by atoms with E-state index in [1.54, 1.807) is 11.3 Å². The van der Waals surface area contributed by atoms with E-state index in [2.05, 4.69) is 41.6 Å². The SMILES string of the molecule is CC(C)N1CCC(N[C@@H]2CCC(=O)N(C)[C@H]2c2cccs2)CC1. The smallest absolute Gasteiger partial charge is 0.222 e. The standard InChI is InChI=1S/C18H29N3OS/c1-13(2)21-10-8-14(9-11-21)19-15-6-7-17(22)20(3)18(15)16-5-4-12-23-16/h4-5,12-15,18-19H,6-11H2,1-3H3/t15-,18-/m1/s1. The van der Waals surface area contributed by atoms with Crippen LogP contribution in [0.25, 0.3) is 0 Å². The number of likely N-dealkylation sites (N-methyl/N-ethyl adjacent to an activating group) is 1. The molecule has 23 heavy (non-hydrogen) atoms. The van der Waals surface area contributed by atoms with Gasteiger partial charge in [-0.15, -0.1) is 11.3 Å². The molecule has 1 N–H and O–H groups in total. The second-order valence-corrected chi connectivity index (χ2v) is 8.16. The largest absolute Gasteiger partial charge is 0.336 e.